The molecule has 2 aliphatic heterocycles. The summed E-state index contributed by atoms with van der Waals surface area (Å²) in [6.45, 7) is 7.02. The summed E-state index contributed by atoms with van der Waals surface area (Å²) in [6.07, 6.45) is 9.73. The number of carbonyl (C=O) groups excluding carboxylic acids is 2. The second-order valence-corrected chi connectivity index (χ2v) is 12.4. The number of carbonyl (C=O) groups is 2. The van der Waals surface area contributed by atoms with Gasteiger partial charge in [0.15, 0.2) is 5.78 Å². The van der Waals surface area contributed by atoms with Gasteiger partial charge in [-0.2, -0.15) is 0 Å². The SMILES string of the molecule is COC(=O)CC[C@H](C)[C@@H]1CC[C@@H]2[C@@H]3CC[C@H]4C[C@H]5CC[C@]4(C)[C@@]3(O5)C(=O)[C@H](Br)[C@@]21C. The molecule has 0 unspecified atom stereocenters. The normalized spacial score (nSPS) is 52.5. The summed E-state index contributed by atoms with van der Waals surface area (Å²) >= 11 is 3.98. The molecule has 2 heterocycles. The number of alkyl halides is 1. The van der Waals surface area contributed by atoms with E-state index in [0.29, 0.717) is 41.8 Å². The predicted molar refractivity (Wildman–Crippen MR) is 118 cm³/mol. The van der Waals surface area contributed by atoms with E-state index in [1.54, 1.807) is 0 Å². The summed E-state index contributed by atoms with van der Waals surface area (Å²) in [5, 5.41) is 0. The van der Waals surface area contributed by atoms with Gasteiger partial charge in [-0.25, -0.2) is 0 Å². The summed E-state index contributed by atoms with van der Waals surface area (Å²) < 4.78 is 11.7. The maximum absolute atomic E-state index is 14.3. The Morgan fingerprint density at radius 2 is 1.93 bits per heavy atom. The van der Waals surface area contributed by atoms with Crippen molar-refractivity contribution in [3.63, 3.8) is 0 Å². The van der Waals surface area contributed by atoms with Gasteiger partial charge in [0, 0.05) is 11.8 Å². The lowest BCUT2D eigenvalue weighted by molar-refractivity contribution is -0.306. The molecule has 1 spiro atoms. The molecule has 0 aromatic carbocycles. The van der Waals surface area contributed by atoms with Crippen molar-refractivity contribution in [1.82, 2.24) is 0 Å². The Balaban J connectivity index is 1.49. The summed E-state index contributed by atoms with van der Waals surface area (Å²) in [6, 6.07) is 0. The molecule has 2 saturated heterocycles. The fourth-order valence-electron chi connectivity index (χ4n) is 9.18. The fourth-order valence-corrected chi connectivity index (χ4v) is 10.2. The van der Waals surface area contributed by atoms with Crippen molar-refractivity contribution in [2.24, 2.45) is 40.4 Å². The van der Waals surface area contributed by atoms with E-state index in [1.807, 2.05) is 0 Å². The standard InChI is InChI=1S/C25H37BrO4/c1-14(5-10-20(27)29-4)17-8-9-18-19-7-6-15-13-16-11-12-23(15,2)25(19,30-16)22(28)21(26)24(17,18)3/h14-19,21H,5-13H2,1-4H3/t14-,15-,16+,17-,18+,19-,21-,23-,24+,25-/m0/s1. The average molecular weight is 481 g/mol. The monoisotopic (exact) mass is 480 g/mol. The molecule has 168 valence electrons. The van der Waals surface area contributed by atoms with Gasteiger partial charge in [-0.3, -0.25) is 9.59 Å². The van der Waals surface area contributed by atoms with Gasteiger partial charge in [0.05, 0.1) is 18.0 Å². The van der Waals surface area contributed by atoms with Crippen LogP contribution in [0, 0.1) is 40.4 Å². The van der Waals surface area contributed by atoms with Gasteiger partial charge in [0.1, 0.15) is 5.60 Å². The first-order valence-electron chi connectivity index (χ1n) is 12.1. The number of methoxy groups -OCH3 is 1. The zero-order chi connectivity index (χ0) is 21.5. The number of hydrogen-bond acceptors (Lipinski definition) is 4. The fraction of sp³-hybridized carbons (Fsp3) is 0.920. The highest BCUT2D eigenvalue weighted by atomic mass is 79.9. The smallest absolute Gasteiger partial charge is 0.305 e. The predicted octanol–water partition coefficient (Wildman–Crippen LogP) is 5.31. The third-order valence-electron chi connectivity index (χ3n) is 10.7. The number of rotatable bonds is 4. The van der Waals surface area contributed by atoms with Crippen molar-refractivity contribution in [3.8, 4) is 0 Å². The Bertz CT molecular complexity index is 753. The third kappa shape index (κ3) is 2.48. The highest BCUT2D eigenvalue weighted by Gasteiger charge is 2.77. The number of Topliss-reactive ketones (excluding diaryl/α,β-unsaturated/α-hetero) is 1. The number of fused-ring (bicyclic) bond motifs is 3. The highest BCUT2D eigenvalue weighted by Crippen LogP contribution is 2.73. The lowest BCUT2D eigenvalue weighted by Gasteiger charge is -2.71. The van der Waals surface area contributed by atoms with Crippen LogP contribution in [0.1, 0.15) is 78.6 Å². The lowest BCUT2D eigenvalue weighted by Crippen LogP contribution is -2.77. The van der Waals surface area contributed by atoms with E-state index in [-0.39, 0.29) is 27.7 Å². The van der Waals surface area contributed by atoms with Crippen LogP contribution in [0.5, 0.6) is 0 Å². The molecular formula is C25H37BrO4. The quantitative estimate of drug-likeness (QED) is 0.404. The van der Waals surface area contributed by atoms with Gasteiger partial charge < -0.3 is 9.47 Å². The molecule has 6 fully saturated rings. The van der Waals surface area contributed by atoms with E-state index >= 15 is 0 Å². The van der Waals surface area contributed by atoms with Crippen LogP contribution in [0.4, 0.5) is 0 Å². The molecule has 30 heavy (non-hydrogen) atoms. The Labute approximate surface area is 189 Å². The van der Waals surface area contributed by atoms with E-state index in [4.69, 9.17) is 9.47 Å². The number of hydrogen-bond donors (Lipinski definition) is 0. The third-order valence-corrected chi connectivity index (χ3v) is 12.1. The number of ether oxygens (including phenoxy) is 2. The minimum absolute atomic E-state index is 0.00366. The molecule has 6 rings (SSSR count). The molecule has 0 aromatic heterocycles. The van der Waals surface area contributed by atoms with E-state index in [9.17, 15) is 9.59 Å². The Morgan fingerprint density at radius 3 is 2.67 bits per heavy atom. The molecule has 0 amide bonds. The molecule has 6 aliphatic rings. The highest BCUT2D eigenvalue weighted by molar-refractivity contribution is 9.10. The molecule has 4 saturated carbocycles. The molecule has 0 aromatic rings. The van der Waals surface area contributed by atoms with Gasteiger partial charge >= 0.3 is 5.97 Å². The lowest BCUT2D eigenvalue weighted by atomic mass is 9.40. The molecule has 0 radical (unpaired) electrons. The van der Waals surface area contributed by atoms with Crippen molar-refractivity contribution in [1.29, 1.82) is 0 Å². The molecule has 4 bridgehead atoms. The number of ketones is 1. The topological polar surface area (TPSA) is 52.6 Å². The first-order chi connectivity index (χ1) is 14.2. The minimum Gasteiger partial charge on any atom is -0.469 e. The minimum atomic E-state index is -0.570. The van der Waals surface area contributed by atoms with Crippen LogP contribution in [0.15, 0.2) is 0 Å². The van der Waals surface area contributed by atoms with Crippen molar-refractivity contribution in [3.05, 3.63) is 0 Å². The molecule has 10 atom stereocenters. The molecule has 5 heteroatoms. The summed E-state index contributed by atoms with van der Waals surface area (Å²) in [5.74, 6) is 2.57. The van der Waals surface area contributed by atoms with E-state index in [1.165, 1.54) is 20.0 Å². The first-order valence-corrected chi connectivity index (χ1v) is 13.0. The molecule has 4 aliphatic carbocycles. The van der Waals surface area contributed by atoms with Gasteiger partial charge in [0.2, 0.25) is 0 Å². The van der Waals surface area contributed by atoms with Crippen LogP contribution < -0.4 is 0 Å². The van der Waals surface area contributed by atoms with E-state index in [0.717, 1.165) is 38.5 Å². The molecule has 0 N–H and O–H groups in total. The van der Waals surface area contributed by atoms with Crippen LogP contribution in [0.2, 0.25) is 0 Å². The largest absolute Gasteiger partial charge is 0.469 e. The summed E-state index contributed by atoms with van der Waals surface area (Å²) in [4.78, 5) is 25.8. The second-order valence-electron chi connectivity index (χ2n) is 11.5. The summed E-state index contributed by atoms with van der Waals surface area (Å²) in [7, 11) is 1.46. The van der Waals surface area contributed by atoms with E-state index < -0.39 is 5.60 Å². The Morgan fingerprint density at radius 1 is 1.20 bits per heavy atom. The first kappa shape index (κ1) is 21.4. The van der Waals surface area contributed by atoms with Crippen LogP contribution in [0.3, 0.4) is 0 Å². The van der Waals surface area contributed by atoms with Crippen LogP contribution in [-0.2, 0) is 19.1 Å². The van der Waals surface area contributed by atoms with Gasteiger partial charge in [0.25, 0.3) is 0 Å². The zero-order valence-electron chi connectivity index (χ0n) is 18.9. The van der Waals surface area contributed by atoms with Crippen molar-refractivity contribution in [2.45, 2.75) is 95.1 Å². The van der Waals surface area contributed by atoms with Crippen LogP contribution in [-0.4, -0.2) is 35.4 Å². The van der Waals surface area contributed by atoms with Crippen molar-refractivity contribution in [2.75, 3.05) is 7.11 Å². The maximum atomic E-state index is 14.3. The Hall–Kier alpha value is -0.420. The Kier molecular flexibility index (Phi) is 5.03. The number of esters is 1. The van der Waals surface area contributed by atoms with Crippen molar-refractivity contribution < 1.29 is 19.1 Å². The van der Waals surface area contributed by atoms with Crippen LogP contribution in [0.25, 0.3) is 0 Å². The summed E-state index contributed by atoms with van der Waals surface area (Å²) in [5.41, 5.74) is -0.630. The van der Waals surface area contributed by atoms with Crippen molar-refractivity contribution >= 4 is 27.7 Å². The number of halogens is 1. The molecule has 4 nitrogen and oxygen atoms in total. The zero-order valence-corrected chi connectivity index (χ0v) is 20.5. The van der Waals surface area contributed by atoms with Gasteiger partial charge in [-0.15, -0.1) is 0 Å². The molecular weight excluding hydrogens is 444 g/mol. The average Bonchev–Trinajstić information content (AvgIpc) is 3.08. The van der Waals surface area contributed by atoms with E-state index in [2.05, 4.69) is 36.7 Å². The van der Waals surface area contributed by atoms with Gasteiger partial charge in [-0.1, -0.05) is 36.7 Å². The van der Waals surface area contributed by atoms with Gasteiger partial charge in [-0.05, 0) is 86.4 Å². The van der Waals surface area contributed by atoms with Crippen LogP contribution >= 0.6 is 15.9 Å². The maximum Gasteiger partial charge on any atom is 0.305 e. The second kappa shape index (κ2) is 7.04.